The molecule has 0 bridgehead atoms. The molecule has 1 aromatic heterocycles. The normalized spacial score (nSPS) is 6.86. The molecule has 0 saturated heterocycles. The second-order valence-corrected chi connectivity index (χ2v) is 0.794. The van der Waals surface area contributed by atoms with Crippen LogP contribution in [0.15, 0.2) is 19.0 Å². The van der Waals surface area contributed by atoms with E-state index < -0.39 is 0 Å². The minimum absolute atomic E-state index is 0. The monoisotopic (exact) mass is 97.1 g/mol. The van der Waals surface area contributed by atoms with Crippen molar-refractivity contribution in [3.05, 3.63) is 19.0 Å². The Morgan fingerprint density at radius 2 is 1.00 bits per heavy atom. The maximum atomic E-state index is 3.56. The van der Waals surface area contributed by atoms with E-state index in [1.54, 1.807) is 0 Å². The summed E-state index contributed by atoms with van der Waals surface area (Å²) in [4.78, 5) is 10.7. The van der Waals surface area contributed by atoms with Gasteiger partial charge in [0.2, 0.25) is 0 Å². The highest BCUT2D eigenvalue weighted by atomic mass is 14.9. The van der Waals surface area contributed by atoms with E-state index in [0.29, 0.717) is 0 Å². The molecule has 0 aromatic carbocycles. The van der Waals surface area contributed by atoms with Gasteiger partial charge in [-0.15, -0.1) is 0 Å². The fourth-order valence-electron chi connectivity index (χ4n) is 0.205. The van der Waals surface area contributed by atoms with Gasteiger partial charge in [0.15, 0.2) is 0 Å². The highest BCUT2D eigenvalue weighted by Gasteiger charge is 1.59. The molecule has 0 aliphatic carbocycles. The Bertz CT molecular complexity index is 78.9. The predicted octanol–water partition coefficient (Wildman–Crippen LogP) is 0.508. The molecule has 0 spiro atoms. The Balaban J connectivity index is 0.000000360. The minimum Gasteiger partial charge on any atom is -0.225 e. The fourth-order valence-corrected chi connectivity index (χ4v) is 0.205. The molecule has 1 heterocycles. The summed E-state index contributed by atoms with van der Waals surface area (Å²) in [6.07, 6.45) is 4.31. The second-order valence-electron chi connectivity index (χ2n) is 0.794. The first kappa shape index (κ1) is 6.01. The summed E-state index contributed by atoms with van der Waals surface area (Å²) in [5, 5.41) is 0. The molecule has 0 aliphatic rings. The lowest BCUT2D eigenvalue weighted by molar-refractivity contribution is 1.05. The molecule has 3 nitrogen and oxygen atoms in total. The van der Waals surface area contributed by atoms with Crippen LogP contribution in [-0.4, -0.2) is 15.0 Å². The number of rotatable bonds is 0. The van der Waals surface area contributed by atoms with Crippen LogP contribution in [0.25, 0.3) is 0 Å². The SMILES string of the molecule is C.c1ncncn1. The van der Waals surface area contributed by atoms with Gasteiger partial charge in [0.25, 0.3) is 0 Å². The van der Waals surface area contributed by atoms with Crippen LogP contribution in [0.1, 0.15) is 7.43 Å². The summed E-state index contributed by atoms with van der Waals surface area (Å²) in [6, 6.07) is 0. The van der Waals surface area contributed by atoms with Crippen molar-refractivity contribution in [2.75, 3.05) is 0 Å². The van der Waals surface area contributed by atoms with Crippen LogP contribution in [0.3, 0.4) is 0 Å². The van der Waals surface area contributed by atoms with Crippen LogP contribution in [0.4, 0.5) is 0 Å². The third kappa shape index (κ3) is 1.81. The van der Waals surface area contributed by atoms with Crippen molar-refractivity contribution in [1.82, 2.24) is 15.0 Å². The maximum Gasteiger partial charge on any atom is 0.119 e. The lowest BCUT2D eigenvalue weighted by Crippen LogP contribution is -1.73. The summed E-state index contributed by atoms with van der Waals surface area (Å²) in [7, 11) is 0. The van der Waals surface area contributed by atoms with Gasteiger partial charge < -0.3 is 0 Å². The van der Waals surface area contributed by atoms with E-state index in [2.05, 4.69) is 15.0 Å². The summed E-state index contributed by atoms with van der Waals surface area (Å²) in [5.74, 6) is 0. The third-order valence-electron chi connectivity index (χ3n) is 0.400. The van der Waals surface area contributed by atoms with Gasteiger partial charge >= 0.3 is 0 Å². The smallest absolute Gasteiger partial charge is 0.119 e. The molecular formula is C4H7N3. The lowest BCUT2D eigenvalue weighted by atomic mass is 11.1. The van der Waals surface area contributed by atoms with Crippen molar-refractivity contribution in [2.45, 2.75) is 7.43 Å². The van der Waals surface area contributed by atoms with E-state index in [9.17, 15) is 0 Å². The van der Waals surface area contributed by atoms with Crippen LogP contribution >= 0.6 is 0 Å². The standard InChI is InChI=1S/C3H3N3.CH4/c1-4-2-6-3-5-1;/h1-3H;1H4. The van der Waals surface area contributed by atoms with E-state index in [0.717, 1.165) is 0 Å². The van der Waals surface area contributed by atoms with Gasteiger partial charge in [0, 0.05) is 0 Å². The van der Waals surface area contributed by atoms with Crippen LogP contribution in [0.5, 0.6) is 0 Å². The molecule has 0 saturated carbocycles. The van der Waals surface area contributed by atoms with Crippen molar-refractivity contribution < 1.29 is 0 Å². The molecular weight excluding hydrogens is 90.1 g/mol. The van der Waals surface area contributed by atoms with E-state index in [1.165, 1.54) is 19.0 Å². The molecule has 0 fully saturated rings. The largest absolute Gasteiger partial charge is 0.225 e. The zero-order valence-corrected chi connectivity index (χ0v) is 3.07. The number of hydrogen-bond donors (Lipinski definition) is 0. The number of hydrogen-bond acceptors (Lipinski definition) is 3. The van der Waals surface area contributed by atoms with Crippen LogP contribution in [0, 0.1) is 0 Å². The van der Waals surface area contributed by atoms with E-state index in [1.807, 2.05) is 0 Å². The lowest BCUT2D eigenvalue weighted by Gasteiger charge is -1.69. The molecule has 38 valence electrons. The van der Waals surface area contributed by atoms with E-state index >= 15 is 0 Å². The van der Waals surface area contributed by atoms with Gasteiger partial charge in [-0.05, 0) is 0 Å². The Labute approximate surface area is 42.5 Å². The van der Waals surface area contributed by atoms with Crippen molar-refractivity contribution in [2.24, 2.45) is 0 Å². The summed E-state index contributed by atoms with van der Waals surface area (Å²) >= 11 is 0. The highest BCUT2D eigenvalue weighted by Crippen LogP contribution is 1.57. The fraction of sp³-hybridized carbons (Fsp3) is 0.250. The second kappa shape index (κ2) is 3.21. The van der Waals surface area contributed by atoms with Crippen molar-refractivity contribution in [1.29, 1.82) is 0 Å². The van der Waals surface area contributed by atoms with E-state index in [4.69, 9.17) is 0 Å². The number of nitrogens with zero attached hydrogens (tertiary/aromatic N) is 3. The predicted molar refractivity (Wildman–Crippen MR) is 26.6 cm³/mol. The molecule has 0 amide bonds. The molecule has 7 heavy (non-hydrogen) atoms. The summed E-state index contributed by atoms with van der Waals surface area (Å²) in [5.41, 5.74) is 0. The highest BCUT2D eigenvalue weighted by molar-refractivity contribution is 4.51. The van der Waals surface area contributed by atoms with Gasteiger partial charge in [0.05, 0.1) is 0 Å². The third-order valence-corrected chi connectivity index (χ3v) is 0.400. The topological polar surface area (TPSA) is 38.7 Å². The minimum atomic E-state index is 0. The number of aromatic nitrogens is 3. The molecule has 0 radical (unpaired) electrons. The van der Waals surface area contributed by atoms with Crippen molar-refractivity contribution in [3.63, 3.8) is 0 Å². The zero-order valence-electron chi connectivity index (χ0n) is 3.07. The Hall–Kier alpha value is -0.990. The Morgan fingerprint density at radius 1 is 0.714 bits per heavy atom. The molecule has 1 aromatic rings. The molecule has 1 rings (SSSR count). The first-order valence-corrected chi connectivity index (χ1v) is 1.55. The molecule has 0 unspecified atom stereocenters. The molecule has 0 N–H and O–H groups in total. The van der Waals surface area contributed by atoms with Gasteiger partial charge in [0.1, 0.15) is 19.0 Å². The first-order valence-electron chi connectivity index (χ1n) is 1.55. The molecule has 0 aliphatic heterocycles. The first-order chi connectivity index (χ1) is 3.00. The molecule has 0 atom stereocenters. The van der Waals surface area contributed by atoms with E-state index in [-0.39, 0.29) is 7.43 Å². The Morgan fingerprint density at radius 3 is 1.14 bits per heavy atom. The van der Waals surface area contributed by atoms with Gasteiger partial charge in [-0.1, -0.05) is 7.43 Å². The van der Waals surface area contributed by atoms with Gasteiger partial charge in [-0.25, -0.2) is 15.0 Å². The quantitative estimate of drug-likeness (QED) is 0.473. The van der Waals surface area contributed by atoms with Gasteiger partial charge in [-0.2, -0.15) is 0 Å². The maximum absolute atomic E-state index is 3.56. The Kier molecular flexibility index (Phi) is 2.76. The van der Waals surface area contributed by atoms with Crippen LogP contribution in [-0.2, 0) is 0 Å². The van der Waals surface area contributed by atoms with Crippen LogP contribution in [0.2, 0.25) is 0 Å². The van der Waals surface area contributed by atoms with Gasteiger partial charge in [-0.3, -0.25) is 0 Å². The van der Waals surface area contributed by atoms with Crippen LogP contribution < -0.4 is 0 Å². The molecule has 3 heteroatoms. The van der Waals surface area contributed by atoms with Crippen molar-refractivity contribution in [3.8, 4) is 0 Å². The average Bonchev–Trinajstić information content (AvgIpc) is 1.72. The summed E-state index contributed by atoms with van der Waals surface area (Å²) < 4.78 is 0. The zero-order chi connectivity index (χ0) is 4.24. The average molecular weight is 97.1 g/mol. The van der Waals surface area contributed by atoms with Crippen molar-refractivity contribution >= 4 is 0 Å². The summed E-state index contributed by atoms with van der Waals surface area (Å²) in [6.45, 7) is 0.